The third kappa shape index (κ3) is 7.97. The third-order valence-corrected chi connectivity index (χ3v) is 3.83. The Labute approximate surface area is 102 Å². The van der Waals surface area contributed by atoms with Crippen LogP contribution in [0.1, 0.15) is 48.5 Å². The van der Waals surface area contributed by atoms with Crippen molar-refractivity contribution in [3.63, 3.8) is 0 Å². The maximum Gasteiger partial charge on any atom is 0.157 e. The number of thioether (sulfide) groups is 2. The molecule has 88 valence electrons. The van der Waals surface area contributed by atoms with Crippen LogP contribution < -0.4 is 0 Å². The average molecular weight is 246 g/mol. The van der Waals surface area contributed by atoms with Crippen molar-refractivity contribution < 1.29 is 4.79 Å². The van der Waals surface area contributed by atoms with E-state index in [4.69, 9.17) is 0 Å². The highest BCUT2D eigenvalue weighted by Crippen LogP contribution is 2.39. The quantitative estimate of drug-likeness (QED) is 0.540. The maximum absolute atomic E-state index is 11.0. The molecule has 0 aromatic rings. The molecule has 3 heteroatoms. The van der Waals surface area contributed by atoms with Crippen LogP contribution in [0.25, 0.3) is 0 Å². The van der Waals surface area contributed by atoms with Gasteiger partial charge in [-0.25, -0.2) is 0 Å². The Bertz CT molecular complexity index is 254. The molecule has 1 nitrogen and oxygen atoms in total. The van der Waals surface area contributed by atoms with Crippen LogP contribution in [0.2, 0.25) is 0 Å². The molecule has 0 amide bonds. The molecule has 0 saturated carbocycles. The Hall–Kier alpha value is 0.110. The molecule has 0 saturated heterocycles. The zero-order chi connectivity index (χ0) is 12.3. The van der Waals surface area contributed by atoms with Crippen molar-refractivity contribution in [2.75, 3.05) is 0 Å². The molecular weight excluding hydrogens is 224 g/mol. The fraction of sp³-hybridized carbons (Fsp3) is 0.750. The summed E-state index contributed by atoms with van der Waals surface area (Å²) in [7, 11) is 0. The molecule has 0 aliphatic carbocycles. The fourth-order valence-electron chi connectivity index (χ4n) is 1.02. The van der Waals surface area contributed by atoms with E-state index in [1.54, 1.807) is 23.5 Å². The molecule has 0 aliphatic heterocycles. The van der Waals surface area contributed by atoms with Crippen molar-refractivity contribution >= 4 is 29.8 Å². The predicted octanol–water partition coefficient (Wildman–Crippen LogP) is 4.48. The minimum atomic E-state index is 0.0932. The summed E-state index contributed by atoms with van der Waals surface area (Å²) in [5, 5.41) is 0. The van der Waals surface area contributed by atoms with Crippen LogP contribution in [0.15, 0.2) is 9.81 Å². The number of carbonyl (C=O) groups is 1. The van der Waals surface area contributed by atoms with Crippen LogP contribution in [0.3, 0.4) is 0 Å². The summed E-state index contributed by atoms with van der Waals surface area (Å²) < 4.78 is 0.257. The van der Waals surface area contributed by atoms with Crippen LogP contribution in [-0.4, -0.2) is 15.8 Å². The van der Waals surface area contributed by atoms with Crippen LogP contribution in [-0.2, 0) is 4.79 Å². The molecule has 0 unspecified atom stereocenters. The Morgan fingerprint density at radius 3 is 1.60 bits per heavy atom. The highest BCUT2D eigenvalue weighted by molar-refractivity contribution is 8.08. The van der Waals surface area contributed by atoms with E-state index in [0.717, 1.165) is 16.1 Å². The number of hydrogen-bond donors (Lipinski definition) is 0. The van der Waals surface area contributed by atoms with Gasteiger partial charge in [0.15, 0.2) is 6.29 Å². The number of carbonyl (C=O) groups excluding carboxylic acids is 1. The average Bonchev–Trinajstić information content (AvgIpc) is 1.94. The van der Waals surface area contributed by atoms with Gasteiger partial charge in [0.2, 0.25) is 0 Å². The normalized spacial score (nSPS) is 14.9. The third-order valence-electron chi connectivity index (χ3n) is 1.33. The number of aldehydes is 1. The van der Waals surface area contributed by atoms with Crippen LogP contribution in [0, 0.1) is 0 Å². The molecule has 0 aliphatic rings. The summed E-state index contributed by atoms with van der Waals surface area (Å²) in [6.07, 6.45) is 0.976. The van der Waals surface area contributed by atoms with Gasteiger partial charge in [0.05, 0.1) is 4.91 Å². The Morgan fingerprint density at radius 2 is 1.33 bits per heavy atom. The fourth-order valence-corrected chi connectivity index (χ4v) is 3.19. The maximum atomic E-state index is 11.0. The summed E-state index contributed by atoms with van der Waals surface area (Å²) in [5.41, 5.74) is 0. The van der Waals surface area contributed by atoms with E-state index in [2.05, 4.69) is 41.5 Å². The van der Waals surface area contributed by atoms with Crippen LogP contribution >= 0.6 is 23.5 Å². The van der Waals surface area contributed by atoms with Gasteiger partial charge >= 0.3 is 0 Å². The van der Waals surface area contributed by atoms with E-state index < -0.39 is 0 Å². The molecule has 0 bridgehead atoms. The highest BCUT2D eigenvalue weighted by Gasteiger charge is 2.19. The van der Waals surface area contributed by atoms with Gasteiger partial charge in [0, 0.05) is 9.49 Å². The first-order chi connectivity index (χ1) is 6.55. The Balaban J connectivity index is 4.76. The second-order valence-electron chi connectivity index (χ2n) is 5.47. The van der Waals surface area contributed by atoms with E-state index >= 15 is 0 Å². The van der Waals surface area contributed by atoms with Gasteiger partial charge in [-0.05, 0) is 11.8 Å². The smallest absolute Gasteiger partial charge is 0.157 e. The zero-order valence-electron chi connectivity index (χ0n) is 10.8. The lowest BCUT2D eigenvalue weighted by Gasteiger charge is -2.22. The minimum Gasteiger partial charge on any atom is -0.297 e. The van der Waals surface area contributed by atoms with E-state index in [-0.39, 0.29) is 9.49 Å². The van der Waals surface area contributed by atoms with Crippen molar-refractivity contribution in [1.82, 2.24) is 0 Å². The molecule has 0 aromatic heterocycles. The van der Waals surface area contributed by atoms with E-state index in [1.165, 1.54) is 0 Å². The van der Waals surface area contributed by atoms with Gasteiger partial charge in [-0.3, -0.25) is 4.79 Å². The molecule has 0 spiro atoms. The van der Waals surface area contributed by atoms with Gasteiger partial charge in [0.1, 0.15) is 0 Å². The number of rotatable bonds is 3. The highest BCUT2D eigenvalue weighted by atomic mass is 32.2. The number of hydrogen-bond acceptors (Lipinski definition) is 3. The molecule has 0 atom stereocenters. The molecular formula is C12H22OS2. The largest absolute Gasteiger partial charge is 0.297 e. The summed E-state index contributed by atoms with van der Waals surface area (Å²) in [5.74, 6) is 0. The van der Waals surface area contributed by atoms with Crippen LogP contribution in [0.5, 0.6) is 0 Å². The lowest BCUT2D eigenvalue weighted by molar-refractivity contribution is -0.104. The van der Waals surface area contributed by atoms with Crippen molar-refractivity contribution in [1.29, 1.82) is 0 Å². The molecule has 0 aromatic carbocycles. The second-order valence-corrected chi connectivity index (χ2v) is 9.38. The van der Waals surface area contributed by atoms with Gasteiger partial charge in [0.25, 0.3) is 0 Å². The molecule has 15 heavy (non-hydrogen) atoms. The van der Waals surface area contributed by atoms with Gasteiger partial charge < -0.3 is 0 Å². The van der Waals surface area contributed by atoms with E-state index in [1.807, 2.05) is 6.92 Å². The lowest BCUT2D eigenvalue weighted by Crippen LogP contribution is -2.10. The lowest BCUT2D eigenvalue weighted by atomic mass is 10.3. The topological polar surface area (TPSA) is 17.1 Å². The Kier molecular flexibility index (Phi) is 5.48. The monoisotopic (exact) mass is 246 g/mol. The first-order valence-corrected chi connectivity index (χ1v) is 6.72. The molecule has 0 rings (SSSR count). The SMILES string of the molecule is C/C(SC(C)(C)C)=C(\C=O)SC(C)(C)C. The molecule has 0 radical (unpaired) electrons. The van der Waals surface area contributed by atoms with Gasteiger partial charge in [-0.1, -0.05) is 41.5 Å². The minimum absolute atomic E-state index is 0.0932. The molecule has 0 N–H and O–H groups in total. The van der Waals surface area contributed by atoms with Crippen molar-refractivity contribution in [3.8, 4) is 0 Å². The number of allylic oxidation sites excluding steroid dienone is 2. The molecule has 0 heterocycles. The van der Waals surface area contributed by atoms with Gasteiger partial charge in [-0.15, -0.1) is 23.5 Å². The van der Waals surface area contributed by atoms with Crippen molar-refractivity contribution in [2.24, 2.45) is 0 Å². The summed E-state index contributed by atoms with van der Waals surface area (Å²) in [6.45, 7) is 14.9. The second kappa shape index (κ2) is 5.44. The van der Waals surface area contributed by atoms with Crippen molar-refractivity contribution in [3.05, 3.63) is 9.81 Å². The summed E-state index contributed by atoms with van der Waals surface area (Å²) in [4.78, 5) is 13.0. The Morgan fingerprint density at radius 1 is 0.933 bits per heavy atom. The first kappa shape index (κ1) is 15.1. The summed E-state index contributed by atoms with van der Waals surface area (Å²) in [6, 6.07) is 0. The predicted molar refractivity (Wildman–Crippen MR) is 73.5 cm³/mol. The zero-order valence-corrected chi connectivity index (χ0v) is 12.4. The van der Waals surface area contributed by atoms with E-state index in [0.29, 0.717) is 0 Å². The van der Waals surface area contributed by atoms with Crippen molar-refractivity contribution in [2.45, 2.75) is 58.0 Å². The first-order valence-electron chi connectivity index (χ1n) is 5.09. The van der Waals surface area contributed by atoms with Gasteiger partial charge in [-0.2, -0.15) is 0 Å². The summed E-state index contributed by atoms with van der Waals surface area (Å²) >= 11 is 3.40. The standard InChI is InChI=1S/C12H22OS2/c1-9(14-11(2,3)4)10(8-13)15-12(5,6)7/h8H,1-7H3/b10-9-. The van der Waals surface area contributed by atoms with Crippen LogP contribution in [0.4, 0.5) is 0 Å². The molecule has 0 fully saturated rings. The van der Waals surface area contributed by atoms with E-state index in [9.17, 15) is 4.79 Å².